The number of hydrogen-bond donors (Lipinski definition) is 2. The number of imide groups is 1. The maximum absolute atomic E-state index is 12.8. The molecular formula is C22H26N4O3. The van der Waals surface area contributed by atoms with E-state index in [9.17, 15) is 14.4 Å². The number of nitrogens with zero attached hydrogens (tertiary/aromatic N) is 2. The van der Waals surface area contributed by atoms with Crippen molar-refractivity contribution in [3.63, 3.8) is 0 Å². The number of nitrogens with one attached hydrogen (secondary N) is 2. The molecule has 3 saturated heterocycles. The van der Waals surface area contributed by atoms with Crippen LogP contribution in [0.4, 0.5) is 0 Å². The van der Waals surface area contributed by atoms with E-state index in [-0.39, 0.29) is 24.1 Å². The van der Waals surface area contributed by atoms with Gasteiger partial charge in [-0.05, 0) is 36.5 Å². The first-order valence-corrected chi connectivity index (χ1v) is 10.7. The van der Waals surface area contributed by atoms with Crippen LogP contribution >= 0.6 is 0 Å². The third-order valence-corrected chi connectivity index (χ3v) is 8.18. The maximum Gasteiger partial charge on any atom is 0.255 e. The Morgan fingerprint density at radius 2 is 1.83 bits per heavy atom. The van der Waals surface area contributed by atoms with Gasteiger partial charge in [-0.15, -0.1) is 0 Å². The zero-order valence-corrected chi connectivity index (χ0v) is 16.5. The molecule has 0 spiro atoms. The van der Waals surface area contributed by atoms with Crippen molar-refractivity contribution >= 4 is 17.7 Å². The minimum absolute atomic E-state index is 0.0985. The van der Waals surface area contributed by atoms with E-state index in [0.717, 1.165) is 25.2 Å². The molecule has 7 nitrogen and oxygen atoms in total. The second-order valence-electron chi connectivity index (χ2n) is 9.70. The van der Waals surface area contributed by atoms with Crippen LogP contribution in [0.5, 0.6) is 0 Å². The highest BCUT2D eigenvalue weighted by atomic mass is 16.2. The van der Waals surface area contributed by atoms with Gasteiger partial charge in [-0.3, -0.25) is 24.6 Å². The van der Waals surface area contributed by atoms with Gasteiger partial charge in [0.25, 0.3) is 5.91 Å². The van der Waals surface area contributed by atoms with E-state index in [1.54, 1.807) is 4.90 Å². The lowest BCUT2D eigenvalue weighted by molar-refractivity contribution is -0.136. The van der Waals surface area contributed by atoms with Crippen molar-refractivity contribution in [2.45, 2.75) is 44.8 Å². The normalized spacial score (nSPS) is 35.9. The first kappa shape index (κ1) is 17.6. The molecule has 0 bridgehead atoms. The molecule has 2 N–H and O–H groups in total. The summed E-state index contributed by atoms with van der Waals surface area (Å²) in [4.78, 5) is 40.7. The summed E-state index contributed by atoms with van der Waals surface area (Å²) in [5.74, 6) is -0.705. The highest BCUT2D eigenvalue weighted by molar-refractivity contribution is 6.05. The molecule has 4 fully saturated rings. The Balaban J connectivity index is 1.18. The average Bonchev–Trinajstić information content (AvgIpc) is 3.17. The quantitative estimate of drug-likeness (QED) is 0.735. The lowest BCUT2D eigenvalue weighted by atomic mass is 9.53. The highest BCUT2D eigenvalue weighted by Gasteiger charge is 2.65. The van der Waals surface area contributed by atoms with Crippen molar-refractivity contribution in [1.82, 2.24) is 20.4 Å². The standard InChI is InChI=1S/C22H26N4O3/c27-18-4-3-17(19(28)24-18)26-9-15-7-14(1-2-16(15)20(26)29)8-25-12-21-5-6-22(21,13-25)11-23-10-21/h1-2,7,17,23H,3-6,8-13H2,(H,24,27,28). The van der Waals surface area contributed by atoms with Crippen LogP contribution in [-0.4, -0.2) is 59.7 Å². The number of fused-ring (bicyclic) bond motifs is 1. The Morgan fingerprint density at radius 1 is 1.07 bits per heavy atom. The Bertz CT molecular complexity index is 926. The van der Waals surface area contributed by atoms with Crippen molar-refractivity contribution in [2.75, 3.05) is 26.2 Å². The number of benzene rings is 1. The van der Waals surface area contributed by atoms with Gasteiger partial charge in [0.05, 0.1) is 0 Å². The summed E-state index contributed by atoms with van der Waals surface area (Å²) in [6.07, 6.45) is 3.38. The van der Waals surface area contributed by atoms with Crippen LogP contribution in [0.25, 0.3) is 0 Å². The molecule has 152 valence electrons. The van der Waals surface area contributed by atoms with Gasteiger partial charge < -0.3 is 10.2 Å². The second-order valence-corrected chi connectivity index (χ2v) is 9.70. The lowest BCUT2D eigenvalue weighted by Gasteiger charge is -2.49. The molecule has 0 aromatic heterocycles. The molecule has 3 unspecified atom stereocenters. The van der Waals surface area contributed by atoms with Crippen molar-refractivity contribution < 1.29 is 14.4 Å². The Labute approximate surface area is 169 Å². The zero-order chi connectivity index (χ0) is 19.8. The molecular weight excluding hydrogens is 368 g/mol. The number of rotatable bonds is 3. The summed E-state index contributed by atoms with van der Waals surface area (Å²) >= 11 is 0. The van der Waals surface area contributed by atoms with Gasteiger partial charge in [-0.1, -0.05) is 12.1 Å². The maximum atomic E-state index is 12.8. The molecule has 4 heterocycles. The fraction of sp³-hybridized carbons (Fsp3) is 0.591. The van der Waals surface area contributed by atoms with E-state index in [0.29, 0.717) is 29.4 Å². The highest BCUT2D eigenvalue weighted by Crippen LogP contribution is 2.63. The van der Waals surface area contributed by atoms with Crippen molar-refractivity contribution in [1.29, 1.82) is 0 Å². The van der Waals surface area contributed by atoms with E-state index in [4.69, 9.17) is 0 Å². The fourth-order valence-electron chi connectivity index (χ4n) is 6.54. The number of piperidine rings is 1. The number of hydrogen-bond acceptors (Lipinski definition) is 5. The van der Waals surface area contributed by atoms with Crippen molar-refractivity contribution in [3.8, 4) is 0 Å². The van der Waals surface area contributed by atoms with Crippen LogP contribution in [0.2, 0.25) is 0 Å². The lowest BCUT2D eigenvalue weighted by Crippen LogP contribution is -2.52. The van der Waals surface area contributed by atoms with Crippen LogP contribution in [0.15, 0.2) is 18.2 Å². The molecule has 29 heavy (non-hydrogen) atoms. The monoisotopic (exact) mass is 394 g/mol. The smallest absolute Gasteiger partial charge is 0.255 e. The van der Waals surface area contributed by atoms with Gasteiger partial charge in [0, 0.05) is 62.1 Å². The van der Waals surface area contributed by atoms with E-state index in [2.05, 4.69) is 27.7 Å². The van der Waals surface area contributed by atoms with Crippen LogP contribution < -0.4 is 10.6 Å². The number of carbonyl (C=O) groups is 3. The largest absolute Gasteiger partial charge is 0.322 e. The first-order chi connectivity index (χ1) is 14.0. The second kappa shape index (κ2) is 5.89. The number of amides is 3. The van der Waals surface area contributed by atoms with E-state index in [1.165, 1.54) is 31.5 Å². The SMILES string of the molecule is O=C1CCC(N2Cc3cc(CN4CC56CCC5(CNC6)C4)ccc3C2=O)C(=O)N1. The molecule has 6 rings (SSSR count). The molecule has 0 radical (unpaired) electrons. The topological polar surface area (TPSA) is 81.8 Å². The predicted molar refractivity (Wildman–Crippen MR) is 105 cm³/mol. The number of likely N-dealkylation sites (tertiary alicyclic amines) is 1. The fourth-order valence-corrected chi connectivity index (χ4v) is 6.54. The van der Waals surface area contributed by atoms with Crippen LogP contribution in [-0.2, 0) is 22.7 Å². The Morgan fingerprint density at radius 3 is 2.52 bits per heavy atom. The van der Waals surface area contributed by atoms with Gasteiger partial charge in [0.2, 0.25) is 11.8 Å². The molecule has 1 aromatic carbocycles. The van der Waals surface area contributed by atoms with Gasteiger partial charge in [0.1, 0.15) is 6.04 Å². The molecule has 7 heteroatoms. The summed E-state index contributed by atoms with van der Waals surface area (Å²) < 4.78 is 0. The third kappa shape index (κ3) is 2.40. The molecule has 3 amide bonds. The average molecular weight is 394 g/mol. The predicted octanol–water partition coefficient (Wildman–Crippen LogP) is 0.633. The molecule has 1 saturated carbocycles. The molecule has 1 aromatic rings. The molecule has 3 atom stereocenters. The summed E-state index contributed by atoms with van der Waals surface area (Å²) in [6, 6.07) is 5.58. The minimum Gasteiger partial charge on any atom is -0.322 e. The molecule has 4 aliphatic heterocycles. The minimum atomic E-state index is -0.546. The van der Waals surface area contributed by atoms with Gasteiger partial charge in [0.15, 0.2) is 0 Å². The first-order valence-electron chi connectivity index (χ1n) is 10.7. The number of carbonyl (C=O) groups excluding carboxylic acids is 3. The van der Waals surface area contributed by atoms with Gasteiger partial charge in [-0.25, -0.2) is 0 Å². The zero-order valence-electron chi connectivity index (χ0n) is 16.5. The summed E-state index contributed by atoms with van der Waals surface area (Å²) in [6.45, 7) is 6.01. The van der Waals surface area contributed by atoms with E-state index in [1.807, 2.05) is 6.07 Å². The van der Waals surface area contributed by atoms with E-state index < -0.39 is 6.04 Å². The third-order valence-electron chi connectivity index (χ3n) is 8.18. The van der Waals surface area contributed by atoms with Crippen LogP contribution in [0.1, 0.15) is 47.2 Å². The Kier molecular flexibility index (Phi) is 3.57. The van der Waals surface area contributed by atoms with Gasteiger partial charge >= 0.3 is 0 Å². The van der Waals surface area contributed by atoms with Crippen molar-refractivity contribution in [2.24, 2.45) is 10.8 Å². The summed E-state index contributed by atoms with van der Waals surface area (Å²) in [7, 11) is 0. The van der Waals surface area contributed by atoms with Gasteiger partial charge in [-0.2, -0.15) is 0 Å². The Hall–Kier alpha value is -2.25. The van der Waals surface area contributed by atoms with Crippen molar-refractivity contribution in [3.05, 3.63) is 34.9 Å². The molecule has 5 aliphatic rings. The van der Waals surface area contributed by atoms with Crippen LogP contribution in [0.3, 0.4) is 0 Å². The van der Waals surface area contributed by atoms with Crippen LogP contribution in [0, 0.1) is 10.8 Å². The summed E-state index contributed by atoms with van der Waals surface area (Å²) in [5.41, 5.74) is 3.91. The molecule has 1 aliphatic carbocycles. The van der Waals surface area contributed by atoms with E-state index >= 15 is 0 Å². The summed E-state index contributed by atoms with van der Waals surface area (Å²) in [5, 5.41) is 5.97.